The summed E-state index contributed by atoms with van der Waals surface area (Å²) in [5.74, 6) is 0.991. The molecule has 0 aliphatic heterocycles. The number of aromatic nitrogens is 5. The number of hydrogen-bond acceptors (Lipinski definition) is 5. The predicted octanol–water partition coefficient (Wildman–Crippen LogP) is 1.31. The molecular formula is C12H15ClN6O. The van der Waals surface area contributed by atoms with Gasteiger partial charge in [-0.25, -0.2) is 9.97 Å². The van der Waals surface area contributed by atoms with Gasteiger partial charge in [-0.2, -0.15) is 0 Å². The molecule has 7 nitrogen and oxygen atoms in total. The number of amides is 1. The molecule has 0 bridgehead atoms. The Kier molecular flexibility index (Phi) is 4.29. The van der Waals surface area contributed by atoms with Crippen LogP contribution in [0.25, 0.3) is 0 Å². The molecule has 2 aromatic heterocycles. The molecule has 1 N–H and O–H groups in total. The van der Waals surface area contributed by atoms with Gasteiger partial charge in [0.05, 0.1) is 17.8 Å². The zero-order chi connectivity index (χ0) is 14.7. The minimum atomic E-state index is -0.359. The molecular weight excluding hydrogens is 280 g/mol. The fraction of sp³-hybridized carbons (Fsp3) is 0.417. The highest BCUT2D eigenvalue weighted by Crippen LogP contribution is 2.16. The van der Waals surface area contributed by atoms with E-state index >= 15 is 0 Å². The first kappa shape index (κ1) is 14.4. The lowest BCUT2D eigenvalue weighted by Crippen LogP contribution is -2.26. The maximum absolute atomic E-state index is 12.1. The van der Waals surface area contributed by atoms with E-state index in [1.807, 2.05) is 13.8 Å². The SMILES string of the molecule is CC(C)c1ncc(Cl)c(C(=O)NCc2nncn2C)n1. The number of nitrogens with one attached hydrogen (secondary N) is 1. The average Bonchev–Trinajstić information content (AvgIpc) is 2.81. The molecule has 0 radical (unpaired) electrons. The third-order valence-electron chi connectivity index (χ3n) is 2.71. The van der Waals surface area contributed by atoms with Gasteiger partial charge in [-0.3, -0.25) is 4.79 Å². The molecule has 0 fully saturated rings. The van der Waals surface area contributed by atoms with Crippen LogP contribution in [0.1, 0.15) is 41.9 Å². The van der Waals surface area contributed by atoms with E-state index < -0.39 is 0 Å². The van der Waals surface area contributed by atoms with E-state index in [-0.39, 0.29) is 29.1 Å². The molecule has 0 aromatic carbocycles. The summed E-state index contributed by atoms with van der Waals surface area (Å²) < 4.78 is 1.72. The molecule has 0 unspecified atom stereocenters. The Labute approximate surface area is 121 Å². The van der Waals surface area contributed by atoms with Gasteiger partial charge < -0.3 is 9.88 Å². The van der Waals surface area contributed by atoms with Crippen molar-refractivity contribution >= 4 is 17.5 Å². The van der Waals surface area contributed by atoms with Crippen LogP contribution in [0.3, 0.4) is 0 Å². The Morgan fingerprint density at radius 3 is 2.85 bits per heavy atom. The monoisotopic (exact) mass is 294 g/mol. The maximum atomic E-state index is 12.1. The van der Waals surface area contributed by atoms with Gasteiger partial charge in [0.25, 0.3) is 5.91 Å². The topological polar surface area (TPSA) is 85.6 Å². The Bertz CT molecular complexity index is 624. The van der Waals surface area contributed by atoms with Gasteiger partial charge in [0.15, 0.2) is 5.82 Å². The Hall–Kier alpha value is -2.02. The minimum Gasteiger partial charge on any atom is -0.343 e. The normalized spacial score (nSPS) is 10.8. The zero-order valence-corrected chi connectivity index (χ0v) is 12.2. The van der Waals surface area contributed by atoms with E-state index in [0.29, 0.717) is 11.6 Å². The molecule has 2 aromatic rings. The highest BCUT2D eigenvalue weighted by atomic mass is 35.5. The fourth-order valence-electron chi connectivity index (χ4n) is 1.53. The number of hydrogen-bond donors (Lipinski definition) is 1. The molecule has 0 saturated carbocycles. The molecule has 2 heterocycles. The largest absolute Gasteiger partial charge is 0.343 e. The second-order valence-corrected chi connectivity index (χ2v) is 5.03. The molecule has 1 amide bonds. The van der Waals surface area contributed by atoms with Gasteiger partial charge in [-0.1, -0.05) is 25.4 Å². The summed E-state index contributed by atoms with van der Waals surface area (Å²) in [6, 6.07) is 0. The smallest absolute Gasteiger partial charge is 0.271 e. The summed E-state index contributed by atoms with van der Waals surface area (Å²) in [6.45, 7) is 4.15. The fourth-order valence-corrected chi connectivity index (χ4v) is 1.71. The number of aryl methyl sites for hydroxylation is 1. The summed E-state index contributed by atoms with van der Waals surface area (Å²) >= 11 is 5.97. The molecule has 0 aliphatic carbocycles. The zero-order valence-electron chi connectivity index (χ0n) is 11.5. The van der Waals surface area contributed by atoms with E-state index in [1.165, 1.54) is 6.20 Å². The summed E-state index contributed by atoms with van der Waals surface area (Å²) in [7, 11) is 1.80. The van der Waals surface area contributed by atoms with Crippen LogP contribution in [-0.4, -0.2) is 30.6 Å². The van der Waals surface area contributed by atoms with Gasteiger partial charge in [-0.15, -0.1) is 10.2 Å². The van der Waals surface area contributed by atoms with Crippen molar-refractivity contribution in [3.8, 4) is 0 Å². The van der Waals surface area contributed by atoms with Crippen molar-refractivity contribution in [3.63, 3.8) is 0 Å². The molecule has 8 heteroatoms. The first-order chi connectivity index (χ1) is 9.49. The summed E-state index contributed by atoms with van der Waals surface area (Å²) in [6.07, 6.45) is 3.01. The molecule has 20 heavy (non-hydrogen) atoms. The summed E-state index contributed by atoms with van der Waals surface area (Å²) in [5, 5.41) is 10.6. The number of carbonyl (C=O) groups is 1. The van der Waals surface area contributed by atoms with Gasteiger partial charge in [0.2, 0.25) is 0 Å². The van der Waals surface area contributed by atoms with Crippen LogP contribution in [0.2, 0.25) is 5.02 Å². The maximum Gasteiger partial charge on any atom is 0.271 e. The van der Waals surface area contributed by atoms with Crippen molar-refractivity contribution in [2.24, 2.45) is 7.05 Å². The number of nitrogens with zero attached hydrogens (tertiary/aromatic N) is 5. The van der Waals surface area contributed by atoms with Crippen LogP contribution in [0.5, 0.6) is 0 Å². The molecule has 0 saturated heterocycles. The lowest BCUT2D eigenvalue weighted by Gasteiger charge is -2.08. The highest BCUT2D eigenvalue weighted by Gasteiger charge is 2.15. The second kappa shape index (κ2) is 5.96. The van der Waals surface area contributed by atoms with E-state index in [2.05, 4.69) is 25.5 Å². The van der Waals surface area contributed by atoms with Crippen LogP contribution >= 0.6 is 11.6 Å². The van der Waals surface area contributed by atoms with E-state index in [1.54, 1.807) is 17.9 Å². The Balaban J connectivity index is 2.13. The van der Waals surface area contributed by atoms with Crippen molar-refractivity contribution < 1.29 is 4.79 Å². The molecule has 0 aliphatic rings. The van der Waals surface area contributed by atoms with Crippen molar-refractivity contribution in [3.05, 3.63) is 34.9 Å². The van der Waals surface area contributed by atoms with Crippen LogP contribution < -0.4 is 5.32 Å². The third kappa shape index (κ3) is 3.11. The van der Waals surface area contributed by atoms with Crippen LogP contribution in [0, 0.1) is 0 Å². The highest BCUT2D eigenvalue weighted by molar-refractivity contribution is 6.33. The molecule has 0 spiro atoms. The molecule has 106 valence electrons. The van der Waals surface area contributed by atoms with E-state index in [4.69, 9.17) is 11.6 Å². The van der Waals surface area contributed by atoms with E-state index in [0.717, 1.165) is 0 Å². The first-order valence-corrected chi connectivity index (χ1v) is 6.50. The van der Waals surface area contributed by atoms with Crippen molar-refractivity contribution in [2.45, 2.75) is 26.3 Å². The Morgan fingerprint density at radius 2 is 2.25 bits per heavy atom. The van der Waals surface area contributed by atoms with Crippen LogP contribution in [0.15, 0.2) is 12.5 Å². The van der Waals surface area contributed by atoms with Crippen molar-refractivity contribution in [1.82, 2.24) is 30.0 Å². The lowest BCUT2D eigenvalue weighted by atomic mass is 10.2. The van der Waals surface area contributed by atoms with Crippen LogP contribution in [0.4, 0.5) is 0 Å². The second-order valence-electron chi connectivity index (χ2n) is 4.62. The van der Waals surface area contributed by atoms with Crippen molar-refractivity contribution in [2.75, 3.05) is 0 Å². The first-order valence-electron chi connectivity index (χ1n) is 6.12. The molecule has 0 atom stereocenters. The van der Waals surface area contributed by atoms with Gasteiger partial charge in [0.1, 0.15) is 17.8 Å². The van der Waals surface area contributed by atoms with Crippen LogP contribution in [-0.2, 0) is 13.6 Å². The number of carbonyl (C=O) groups excluding carboxylic acids is 1. The quantitative estimate of drug-likeness (QED) is 0.919. The molecule has 2 rings (SSSR count). The average molecular weight is 295 g/mol. The third-order valence-corrected chi connectivity index (χ3v) is 2.98. The van der Waals surface area contributed by atoms with Gasteiger partial charge >= 0.3 is 0 Å². The van der Waals surface area contributed by atoms with E-state index in [9.17, 15) is 4.79 Å². The Morgan fingerprint density at radius 1 is 1.50 bits per heavy atom. The van der Waals surface area contributed by atoms with Crippen molar-refractivity contribution in [1.29, 1.82) is 0 Å². The summed E-state index contributed by atoms with van der Waals surface area (Å²) in [4.78, 5) is 20.4. The van der Waals surface area contributed by atoms with Gasteiger partial charge in [0, 0.05) is 13.0 Å². The predicted molar refractivity (Wildman–Crippen MR) is 73.3 cm³/mol. The van der Waals surface area contributed by atoms with Gasteiger partial charge in [-0.05, 0) is 0 Å². The number of halogens is 1. The standard InChI is InChI=1S/C12H15ClN6O/c1-7(2)11-14-4-8(13)10(17-11)12(20)15-5-9-18-16-6-19(9)3/h4,6-7H,5H2,1-3H3,(H,15,20). The number of rotatable bonds is 4. The lowest BCUT2D eigenvalue weighted by molar-refractivity contribution is 0.0944. The summed E-state index contributed by atoms with van der Waals surface area (Å²) in [5.41, 5.74) is 0.174. The minimum absolute atomic E-state index is 0.123.